The van der Waals surface area contributed by atoms with Crippen LogP contribution in [0.4, 0.5) is 13.2 Å². The van der Waals surface area contributed by atoms with Crippen LogP contribution in [0, 0.1) is 0 Å². The van der Waals surface area contributed by atoms with Gasteiger partial charge in [0.05, 0.1) is 26.8 Å². The summed E-state index contributed by atoms with van der Waals surface area (Å²) in [5.41, 5.74) is 1.04. The summed E-state index contributed by atoms with van der Waals surface area (Å²) in [6.07, 6.45) is -3.53. The lowest BCUT2D eigenvalue weighted by atomic mass is 10.1. The van der Waals surface area contributed by atoms with Crippen LogP contribution < -0.4 is 20.1 Å². The Balaban J connectivity index is 0.00000480. The van der Waals surface area contributed by atoms with Crippen LogP contribution >= 0.6 is 24.0 Å². The van der Waals surface area contributed by atoms with Gasteiger partial charge in [0.1, 0.15) is 0 Å². The second-order valence-electron chi connectivity index (χ2n) is 7.53. The van der Waals surface area contributed by atoms with Crippen LogP contribution in [0.1, 0.15) is 18.0 Å². The summed E-state index contributed by atoms with van der Waals surface area (Å²) in [6, 6.07) is 5.74. The van der Waals surface area contributed by atoms with Crippen LogP contribution in [0.25, 0.3) is 0 Å². The van der Waals surface area contributed by atoms with Crippen molar-refractivity contribution in [3.8, 4) is 11.5 Å². The number of alkyl halides is 3. The number of benzene rings is 1. The SMILES string of the molecule is CN=C(NCC(c1ccc(OC)c(OC)c1)N(C)C)NC1CCN(CC(F)(F)F)C1.I. The third-order valence-corrected chi connectivity index (χ3v) is 5.12. The van der Waals surface area contributed by atoms with Crippen LogP contribution in [0.5, 0.6) is 11.5 Å². The van der Waals surface area contributed by atoms with E-state index in [9.17, 15) is 13.2 Å². The number of hydrogen-bond donors (Lipinski definition) is 2. The molecule has 0 bridgehead atoms. The first-order valence-corrected chi connectivity index (χ1v) is 9.81. The molecule has 0 aromatic heterocycles. The van der Waals surface area contributed by atoms with Crippen LogP contribution in [0.15, 0.2) is 23.2 Å². The number of nitrogens with zero attached hydrogens (tertiary/aromatic N) is 3. The van der Waals surface area contributed by atoms with Crippen molar-refractivity contribution in [3.63, 3.8) is 0 Å². The van der Waals surface area contributed by atoms with Crippen molar-refractivity contribution in [2.24, 2.45) is 4.99 Å². The fourth-order valence-corrected chi connectivity index (χ4v) is 3.59. The Labute approximate surface area is 199 Å². The van der Waals surface area contributed by atoms with E-state index in [0.717, 1.165) is 5.56 Å². The van der Waals surface area contributed by atoms with Gasteiger partial charge in [-0.15, -0.1) is 24.0 Å². The average Bonchev–Trinajstić information content (AvgIpc) is 3.11. The van der Waals surface area contributed by atoms with Gasteiger partial charge >= 0.3 is 6.18 Å². The molecule has 0 radical (unpaired) electrons. The number of aliphatic imine (C=N–C) groups is 1. The number of hydrogen-bond acceptors (Lipinski definition) is 5. The van der Waals surface area contributed by atoms with Crippen molar-refractivity contribution in [1.82, 2.24) is 20.4 Å². The van der Waals surface area contributed by atoms with E-state index in [0.29, 0.717) is 43.5 Å². The normalized spacial score (nSPS) is 18.5. The van der Waals surface area contributed by atoms with E-state index in [2.05, 4.69) is 20.5 Å². The van der Waals surface area contributed by atoms with Crippen molar-refractivity contribution in [2.75, 3.05) is 61.5 Å². The molecule has 1 aromatic rings. The molecule has 2 rings (SSSR count). The molecular weight excluding hydrogens is 526 g/mol. The van der Waals surface area contributed by atoms with Gasteiger partial charge in [-0.25, -0.2) is 0 Å². The van der Waals surface area contributed by atoms with Gasteiger partial charge in [0.25, 0.3) is 0 Å². The first kappa shape index (κ1) is 27.6. The highest BCUT2D eigenvalue weighted by Crippen LogP contribution is 2.31. The second kappa shape index (κ2) is 12.5. The second-order valence-corrected chi connectivity index (χ2v) is 7.53. The van der Waals surface area contributed by atoms with Gasteiger partial charge in [-0.3, -0.25) is 9.89 Å². The van der Waals surface area contributed by atoms with Gasteiger partial charge < -0.3 is 25.0 Å². The number of rotatable bonds is 8. The summed E-state index contributed by atoms with van der Waals surface area (Å²) in [7, 11) is 8.80. The molecule has 1 aliphatic heterocycles. The lowest BCUT2D eigenvalue weighted by molar-refractivity contribution is -0.143. The number of methoxy groups -OCH3 is 2. The van der Waals surface area contributed by atoms with E-state index >= 15 is 0 Å². The molecule has 2 atom stereocenters. The maximum absolute atomic E-state index is 12.6. The zero-order valence-corrected chi connectivity index (χ0v) is 21.0. The minimum atomic E-state index is -4.17. The summed E-state index contributed by atoms with van der Waals surface area (Å²) in [4.78, 5) is 7.71. The quantitative estimate of drug-likeness (QED) is 0.291. The van der Waals surface area contributed by atoms with Crippen LogP contribution in [0.3, 0.4) is 0 Å². The number of halogens is 4. The molecule has 0 aliphatic carbocycles. The van der Waals surface area contributed by atoms with E-state index in [4.69, 9.17) is 9.47 Å². The van der Waals surface area contributed by atoms with E-state index < -0.39 is 12.7 Å². The van der Waals surface area contributed by atoms with Gasteiger partial charge in [-0.2, -0.15) is 13.2 Å². The average molecular weight is 559 g/mol. The van der Waals surface area contributed by atoms with Crippen molar-refractivity contribution < 1.29 is 22.6 Å². The molecular formula is C20H33F3IN5O2. The molecule has 0 saturated carbocycles. The van der Waals surface area contributed by atoms with Gasteiger partial charge in [0, 0.05) is 32.7 Å². The minimum absolute atomic E-state index is 0. The maximum Gasteiger partial charge on any atom is 0.401 e. The van der Waals surface area contributed by atoms with Gasteiger partial charge in [-0.1, -0.05) is 6.07 Å². The lowest BCUT2D eigenvalue weighted by Crippen LogP contribution is -2.47. The maximum atomic E-state index is 12.6. The third kappa shape index (κ3) is 8.53. The largest absolute Gasteiger partial charge is 0.493 e. The van der Waals surface area contributed by atoms with E-state index in [1.807, 2.05) is 32.3 Å². The van der Waals surface area contributed by atoms with Crippen molar-refractivity contribution in [2.45, 2.75) is 24.7 Å². The molecule has 0 amide bonds. The van der Waals surface area contributed by atoms with Gasteiger partial charge in [-0.05, 0) is 38.2 Å². The summed E-state index contributed by atoms with van der Waals surface area (Å²) >= 11 is 0. The summed E-state index contributed by atoms with van der Waals surface area (Å²) in [5, 5.41) is 6.52. The lowest BCUT2D eigenvalue weighted by Gasteiger charge is -2.27. The molecule has 0 spiro atoms. The molecule has 31 heavy (non-hydrogen) atoms. The number of guanidine groups is 1. The topological polar surface area (TPSA) is 61.4 Å². The number of nitrogens with one attached hydrogen (secondary N) is 2. The molecule has 1 heterocycles. The van der Waals surface area contributed by atoms with Gasteiger partial charge in [0.2, 0.25) is 0 Å². The summed E-state index contributed by atoms with van der Waals surface area (Å²) in [6.45, 7) is 0.438. The van der Waals surface area contributed by atoms with Crippen molar-refractivity contribution >= 4 is 29.9 Å². The molecule has 1 fully saturated rings. The summed E-state index contributed by atoms with van der Waals surface area (Å²) in [5.74, 6) is 1.88. The fraction of sp³-hybridized carbons (Fsp3) is 0.650. The fourth-order valence-electron chi connectivity index (χ4n) is 3.59. The molecule has 2 unspecified atom stereocenters. The van der Waals surface area contributed by atoms with E-state index in [-0.39, 0.29) is 36.1 Å². The summed E-state index contributed by atoms with van der Waals surface area (Å²) < 4.78 is 48.5. The third-order valence-electron chi connectivity index (χ3n) is 5.12. The predicted molar refractivity (Wildman–Crippen MR) is 127 cm³/mol. The van der Waals surface area contributed by atoms with Crippen LogP contribution in [-0.2, 0) is 0 Å². The Hall–Kier alpha value is -1.47. The zero-order chi connectivity index (χ0) is 22.3. The predicted octanol–water partition coefficient (Wildman–Crippen LogP) is 2.73. The number of likely N-dealkylation sites (N-methyl/N-ethyl adjacent to an activating group) is 1. The van der Waals surface area contributed by atoms with E-state index in [1.165, 1.54) is 4.90 Å². The molecule has 11 heteroatoms. The molecule has 178 valence electrons. The van der Waals surface area contributed by atoms with Gasteiger partial charge in [0.15, 0.2) is 17.5 Å². The first-order valence-electron chi connectivity index (χ1n) is 9.81. The van der Waals surface area contributed by atoms with Crippen molar-refractivity contribution in [3.05, 3.63) is 23.8 Å². The molecule has 7 nitrogen and oxygen atoms in total. The van der Waals surface area contributed by atoms with Crippen LogP contribution in [0.2, 0.25) is 0 Å². The highest BCUT2D eigenvalue weighted by atomic mass is 127. The zero-order valence-electron chi connectivity index (χ0n) is 18.6. The number of ether oxygens (including phenoxy) is 2. The minimum Gasteiger partial charge on any atom is -0.493 e. The number of likely N-dealkylation sites (tertiary alicyclic amines) is 1. The monoisotopic (exact) mass is 559 g/mol. The Morgan fingerprint density at radius 1 is 1.26 bits per heavy atom. The highest BCUT2D eigenvalue weighted by Gasteiger charge is 2.34. The molecule has 2 N–H and O–H groups in total. The molecule has 1 saturated heterocycles. The smallest absolute Gasteiger partial charge is 0.401 e. The standard InChI is InChI=1S/C20H32F3N5O2.HI/c1-24-19(26-15-8-9-28(12-15)13-20(21,22)23)25-11-16(27(2)3)14-6-7-17(29-4)18(10-14)30-5;/h6-7,10,15-16H,8-9,11-13H2,1-5H3,(H2,24,25,26);1H. The highest BCUT2D eigenvalue weighted by molar-refractivity contribution is 14.0. The molecule has 1 aromatic carbocycles. The van der Waals surface area contributed by atoms with Crippen LogP contribution in [-0.4, -0.2) is 89.5 Å². The van der Waals surface area contributed by atoms with Crippen molar-refractivity contribution in [1.29, 1.82) is 0 Å². The first-order chi connectivity index (χ1) is 14.2. The Morgan fingerprint density at radius 2 is 1.94 bits per heavy atom. The Morgan fingerprint density at radius 3 is 2.48 bits per heavy atom. The van der Waals surface area contributed by atoms with E-state index in [1.54, 1.807) is 21.3 Å². The molecule has 1 aliphatic rings. The Kier molecular flexibility index (Phi) is 11.1. The Bertz CT molecular complexity index is 719.